The van der Waals surface area contributed by atoms with Crippen molar-refractivity contribution in [2.24, 2.45) is 5.92 Å². The first-order valence-electron chi connectivity index (χ1n) is 10.6. The van der Waals surface area contributed by atoms with Crippen molar-refractivity contribution in [2.75, 3.05) is 5.32 Å². The zero-order chi connectivity index (χ0) is 17.6. The molecule has 0 atom stereocenters. The van der Waals surface area contributed by atoms with E-state index >= 15 is 0 Å². The van der Waals surface area contributed by atoms with Crippen LogP contribution in [0.25, 0.3) is 17.1 Å². The third-order valence-electron chi connectivity index (χ3n) is 6.96. The van der Waals surface area contributed by atoms with Crippen molar-refractivity contribution in [3.63, 3.8) is 0 Å². The summed E-state index contributed by atoms with van der Waals surface area (Å²) in [6.45, 7) is 2.36. The van der Waals surface area contributed by atoms with E-state index in [2.05, 4.69) is 40.0 Å². The molecule has 1 N–H and O–H groups in total. The van der Waals surface area contributed by atoms with Crippen LogP contribution in [0, 0.1) is 5.92 Å². The second-order valence-electron chi connectivity index (χ2n) is 8.87. The molecule has 2 saturated carbocycles. The second kappa shape index (κ2) is 6.40. The Morgan fingerprint density at radius 1 is 1.12 bits per heavy atom. The van der Waals surface area contributed by atoms with Crippen LogP contribution in [-0.4, -0.2) is 20.6 Å². The SMILES string of the molecule is CC1CCC(Nc2ncc3cc4n(c3n2)C2(CC=C4)CCCCC2)CC1. The molecule has 4 nitrogen and oxygen atoms in total. The molecule has 2 aromatic rings. The fourth-order valence-electron chi connectivity index (χ4n) is 5.41. The van der Waals surface area contributed by atoms with Crippen molar-refractivity contribution >= 4 is 23.1 Å². The van der Waals surface area contributed by atoms with Crippen LogP contribution in [-0.2, 0) is 5.54 Å². The van der Waals surface area contributed by atoms with Gasteiger partial charge < -0.3 is 9.88 Å². The number of rotatable bonds is 2. The number of allylic oxidation sites excluding steroid dienone is 1. The van der Waals surface area contributed by atoms with Gasteiger partial charge in [-0.15, -0.1) is 0 Å². The third-order valence-corrected chi connectivity index (χ3v) is 6.96. The van der Waals surface area contributed by atoms with E-state index in [1.165, 1.54) is 68.9 Å². The molecule has 0 amide bonds. The van der Waals surface area contributed by atoms with Gasteiger partial charge in [0.2, 0.25) is 5.95 Å². The molecule has 138 valence electrons. The third kappa shape index (κ3) is 2.74. The van der Waals surface area contributed by atoms with Crippen LogP contribution in [0.15, 0.2) is 18.3 Å². The molecule has 2 aliphatic carbocycles. The van der Waals surface area contributed by atoms with E-state index in [-0.39, 0.29) is 5.54 Å². The highest BCUT2D eigenvalue weighted by molar-refractivity contribution is 5.81. The summed E-state index contributed by atoms with van der Waals surface area (Å²) < 4.78 is 2.55. The van der Waals surface area contributed by atoms with Crippen LogP contribution in [0.4, 0.5) is 5.95 Å². The summed E-state index contributed by atoms with van der Waals surface area (Å²) in [5.74, 6) is 1.69. The maximum absolute atomic E-state index is 5.02. The first-order chi connectivity index (χ1) is 12.7. The topological polar surface area (TPSA) is 42.7 Å². The van der Waals surface area contributed by atoms with Crippen molar-refractivity contribution in [1.29, 1.82) is 0 Å². The number of nitrogens with one attached hydrogen (secondary N) is 1. The first-order valence-corrected chi connectivity index (χ1v) is 10.6. The Kier molecular flexibility index (Phi) is 4.02. The molecular formula is C22H30N4. The molecule has 5 rings (SSSR count). The minimum Gasteiger partial charge on any atom is -0.351 e. The Morgan fingerprint density at radius 2 is 1.92 bits per heavy atom. The summed E-state index contributed by atoms with van der Waals surface area (Å²) >= 11 is 0. The van der Waals surface area contributed by atoms with Crippen LogP contribution >= 0.6 is 0 Å². The number of anilines is 1. The van der Waals surface area contributed by atoms with Gasteiger partial charge in [-0.1, -0.05) is 32.3 Å². The lowest BCUT2D eigenvalue weighted by Gasteiger charge is -2.41. The average Bonchev–Trinajstić information content (AvgIpc) is 3.04. The van der Waals surface area contributed by atoms with E-state index in [9.17, 15) is 0 Å². The monoisotopic (exact) mass is 350 g/mol. The van der Waals surface area contributed by atoms with Gasteiger partial charge in [0.05, 0.1) is 5.54 Å². The molecule has 26 heavy (non-hydrogen) atoms. The predicted molar refractivity (Wildman–Crippen MR) is 107 cm³/mol. The van der Waals surface area contributed by atoms with E-state index in [1.54, 1.807) is 0 Å². The zero-order valence-corrected chi connectivity index (χ0v) is 15.9. The van der Waals surface area contributed by atoms with Crippen LogP contribution in [0.2, 0.25) is 0 Å². The van der Waals surface area contributed by atoms with Gasteiger partial charge in [-0.25, -0.2) is 4.98 Å². The van der Waals surface area contributed by atoms with E-state index in [0.29, 0.717) is 6.04 Å². The fraction of sp³-hybridized carbons (Fsp3) is 0.636. The molecule has 2 aromatic heterocycles. The lowest BCUT2D eigenvalue weighted by Crippen LogP contribution is -2.37. The predicted octanol–water partition coefficient (Wildman–Crippen LogP) is 5.50. The number of hydrogen-bond donors (Lipinski definition) is 1. The number of nitrogens with zero attached hydrogens (tertiary/aromatic N) is 3. The molecule has 3 aliphatic rings. The maximum Gasteiger partial charge on any atom is 0.224 e. The quantitative estimate of drug-likeness (QED) is 0.778. The molecule has 0 saturated heterocycles. The molecule has 2 fully saturated rings. The van der Waals surface area contributed by atoms with Gasteiger partial charge in [0.1, 0.15) is 5.65 Å². The Bertz CT molecular complexity index is 820. The average molecular weight is 351 g/mol. The Morgan fingerprint density at radius 3 is 2.73 bits per heavy atom. The first kappa shape index (κ1) is 16.3. The van der Waals surface area contributed by atoms with Crippen LogP contribution in [0.3, 0.4) is 0 Å². The van der Waals surface area contributed by atoms with E-state index in [1.807, 2.05) is 6.20 Å². The summed E-state index contributed by atoms with van der Waals surface area (Å²) in [4.78, 5) is 9.66. The number of fused-ring (bicyclic) bond motifs is 4. The van der Waals surface area contributed by atoms with Crippen molar-refractivity contribution in [2.45, 2.75) is 82.7 Å². The molecule has 0 unspecified atom stereocenters. The smallest absolute Gasteiger partial charge is 0.224 e. The van der Waals surface area contributed by atoms with Crippen molar-refractivity contribution in [3.05, 3.63) is 24.0 Å². The van der Waals surface area contributed by atoms with Crippen LogP contribution in [0.5, 0.6) is 0 Å². The largest absolute Gasteiger partial charge is 0.351 e. The highest BCUT2D eigenvalue weighted by Gasteiger charge is 2.37. The van der Waals surface area contributed by atoms with Crippen molar-refractivity contribution in [1.82, 2.24) is 14.5 Å². The number of aromatic nitrogens is 3. The molecular weight excluding hydrogens is 320 g/mol. The highest BCUT2D eigenvalue weighted by atomic mass is 15.2. The van der Waals surface area contributed by atoms with E-state index in [0.717, 1.165) is 23.9 Å². The van der Waals surface area contributed by atoms with Gasteiger partial charge in [0, 0.05) is 23.3 Å². The molecule has 0 radical (unpaired) electrons. The fourth-order valence-corrected chi connectivity index (χ4v) is 5.41. The molecule has 0 bridgehead atoms. The normalized spacial score (nSPS) is 27.6. The lowest BCUT2D eigenvalue weighted by atomic mass is 9.77. The maximum atomic E-state index is 5.02. The van der Waals surface area contributed by atoms with Crippen LogP contribution in [0.1, 0.15) is 76.8 Å². The lowest BCUT2D eigenvalue weighted by molar-refractivity contribution is 0.197. The van der Waals surface area contributed by atoms with Crippen molar-refractivity contribution in [3.8, 4) is 0 Å². The molecule has 3 heterocycles. The summed E-state index contributed by atoms with van der Waals surface area (Å²) in [7, 11) is 0. The second-order valence-corrected chi connectivity index (χ2v) is 8.87. The summed E-state index contributed by atoms with van der Waals surface area (Å²) in [6.07, 6.45) is 19.5. The molecule has 1 spiro atoms. The molecule has 1 aliphatic heterocycles. The highest BCUT2D eigenvalue weighted by Crippen LogP contribution is 2.44. The minimum atomic E-state index is 0.246. The zero-order valence-electron chi connectivity index (χ0n) is 15.9. The molecule has 4 heteroatoms. The minimum absolute atomic E-state index is 0.246. The Balaban J connectivity index is 1.50. The van der Waals surface area contributed by atoms with Crippen molar-refractivity contribution < 1.29 is 0 Å². The van der Waals surface area contributed by atoms with Crippen LogP contribution < -0.4 is 5.32 Å². The summed E-state index contributed by atoms with van der Waals surface area (Å²) in [5.41, 5.74) is 2.69. The summed E-state index contributed by atoms with van der Waals surface area (Å²) in [5, 5.41) is 4.81. The van der Waals surface area contributed by atoms with Gasteiger partial charge in [0.15, 0.2) is 0 Å². The van der Waals surface area contributed by atoms with E-state index < -0.39 is 0 Å². The number of hydrogen-bond acceptors (Lipinski definition) is 3. The van der Waals surface area contributed by atoms with Gasteiger partial charge in [-0.05, 0) is 63.0 Å². The Hall–Kier alpha value is -1.84. The van der Waals surface area contributed by atoms with Gasteiger partial charge in [-0.3, -0.25) is 0 Å². The molecule has 0 aromatic carbocycles. The van der Waals surface area contributed by atoms with Gasteiger partial charge in [-0.2, -0.15) is 4.98 Å². The van der Waals surface area contributed by atoms with E-state index in [4.69, 9.17) is 4.98 Å². The Labute approximate surface area is 156 Å². The summed E-state index contributed by atoms with van der Waals surface area (Å²) in [6, 6.07) is 2.80. The van der Waals surface area contributed by atoms with Gasteiger partial charge >= 0.3 is 0 Å². The standard InChI is InChI=1S/C22H30N4/c1-16-7-9-18(10-8-16)24-21-23-15-17-14-19-6-5-13-22(11-3-2-4-12-22)26(19)20(17)25-21/h5-6,14-16,18H,2-4,7-13H2,1H3,(H,23,24,25). The van der Waals surface area contributed by atoms with Gasteiger partial charge in [0.25, 0.3) is 0 Å².